The summed E-state index contributed by atoms with van der Waals surface area (Å²) in [5.74, 6) is -0.406. The molecule has 0 bridgehead atoms. The minimum atomic E-state index is -2.95. The topological polar surface area (TPSA) is 89.3 Å². The van der Waals surface area contributed by atoms with Crippen LogP contribution in [0.5, 0.6) is 0 Å². The molecule has 88 valence electrons. The minimum absolute atomic E-state index is 0.103. The van der Waals surface area contributed by atoms with Gasteiger partial charge in [0, 0.05) is 12.3 Å². The van der Waals surface area contributed by atoms with Gasteiger partial charge in [0.2, 0.25) is 5.91 Å². The van der Waals surface area contributed by atoms with E-state index in [1.165, 1.54) is 6.26 Å². The summed E-state index contributed by atoms with van der Waals surface area (Å²) in [6.07, 6.45) is 4.39. The molecule has 2 unspecified atom stereocenters. The lowest BCUT2D eigenvalue weighted by atomic mass is 9.95. The normalized spacial score (nSPS) is 27.5. The molecule has 0 heterocycles. The van der Waals surface area contributed by atoms with Crippen LogP contribution in [0.1, 0.15) is 25.7 Å². The molecule has 1 aliphatic carbocycles. The lowest BCUT2D eigenvalue weighted by molar-refractivity contribution is -0.117. The largest absolute Gasteiger partial charge is 0.369 e. The summed E-state index contributed by atoms with van der Waals surface area (Å²) in [5, 5.41) is 2.72. The average molecular weight is 234 g/mol. The summed E-state index contributed by atoms with van der Waals surface area (Å²) < 4.78 is 22.7. The molecule has 3 N–H and O–H groups in total. The van der Waals surface area contributed by atoms with E-state index in [0.717, 1.165) is 19.3 Å². The SMILES string of the molecule is CS(=O)(=O)C1CCCC(NCC(N)=O)C1. The summed E-state index contributed by atoms with van der Waals surface area (Å²) in [4.78, 5) is 10.6. The first-order valence-electron chi connectivity index (χ1n) is 5.10. The highest BCUT2D eigenvalue weighted by Crippen LogP contribution is 2.23. The Morgan fingerprint density at radius 2 is 2.13 bits per heavy atom. The van der Waals surface area contributed by atoms with Crippen LogP contribution < -0.4 is 11.1 Å². The van der Waals surface area contributed by atoms with E-state index in [2.05, 4.69) is 5.32 Å². The summed E-state index contributed by atoms with van der Waals surface area (Å²) in [5.41, 5.74) is 5.01. The van der Waals surface area contributed by atoms with Crippen LogP contribution in [0.3, 0.4) is 0 Å². The predicted octanol–water partition coefficient (Wildman–Crippen LogP) is -0.583. The van der Waals surface area contributed by atoms with Gasteiger partial charge >= 0.3 is 0 Å². The van der Waals surface area contributed by atoms with E-state index in [-0.39, 0.29) is 17.8 Å². The van der Waals surface area contributed by atoms with Gasteiger partial charge in [-0.15, -0.1) is 0 Å². The zero-order chi connectivity index (χ0) is 11.5. The summed E-state index contributed by atoms with van der Waals surface area (Å²) in [6, 6.07) is 0.103. The summed E-state index contributed by atoms with van der Waals surface area (Å²) >= 11 is 0. The molecule has 1 saturated carbocycles. The number of rotatable bonds is 4. The molecular formula is C9H18N2O3S. The standard InChI is InChI=1S/C9H18N2O3S/c1-15(13,14)8-4-2-3-7(5-8)11-6-9(10)12/h7-8,11H,2-6H2,1H3,(H2,10,12). The van der Waals surface area contributed by atoms with Crippen molar-refractivity contribution < 1.29 is 13.2 Å². The quantitative estimate of drug-likeness (QED) is 0.681. The number of nitrogens with two attached hydrogens (primary N) is 1. The van der Waals surface area contributed by atoms with Crippen LogP contribution in [0.4, 0.5) is 0 Å². The Kier molecular flexibility index (Phi) is 4.10. The molecule has 1 rings (SSSR count). The molecule has 1 fully saturated rings. The maximum atomic E-state index is 11.4. The lowest BCUT2D eigenvalue weighted by Crippen LogP contribution is -2.42. The van der Waals surface area contributed by atoms with E-state index >= 15 is 0 Å². The van der Waals surface area contributed by atoms with E-state index in [1.807, 2.05) is 0 Å². The zero-order valence-corrected chi connectivity index (χ0v) is 9.72. The summed E-state index contributed by atoms with van der Waals surface area (Å²) in [7, 11) is -2.95. The van der Waals surface area contributed by atoms with Crippen LogP contribution >= 0.6 is 0 Å². The Bertz CT molecular complexity index is 326. The number of primary amides is 1. The number of nitrogens with one attached hydrogen (secondary N) is 1. The average Bonchev–Trinajstić information content (AvgIpc) is 2.14. The Hall–Kier alpha value is -0.620. The van der Waals surface area contributed by atoms with E-state index < -0.39 is 15.7 Å². The maximum absolute atomic E-state index is 11.4. The molecule has 5 nitrogen and oxygen atoms in total. The van der Waals surface area contributed by atoms with Crippen molar-refractivity contribution in [2.24, 2.45) is 5.73 Å². The molecule has 0 spiro atoms. The molecule has 1 aliphatic rings. The smallest absolute Gasteiger partial charge is 0.231 e. The van der Waals surface area contributed by atoms with Gasteiger partial charge in [0.05, 0.1) is 11.8 Å². The Morgan fingerprint density at radius 1 is 1.47 bits per heavy atom. The number of carbonyl (C=O) groups is 1. The fourth-order valence-electron chi connectivity index (χ4n) is 1.96. The van der Waals surface area contributed by atoms with Crippen molar-refractivity contribution in [2.75, 3.05) is 12.8 Å². The van der Waals surface area contributed by atoms with Crippen LogP contribution in [0, 0.1) is 0 Å². The monoisotopic (exact) mass is 234 g/mol. The van der Waals surface area contributed by atoms with Crippen molar-refractivity contribution in [3.63, 3.8) is 0 Å². The highest BCUT2D eigenvalue weighted by atomic mass is 32.2. The van der Waals surface area contributed by atoms with Crippen molar-refractivity contribution in [1.82, 2.24) is 5.32 Å². The summed E-state index contributed by atoms with van der Waals surface area (Å²) in [6.45, 7) is 0.126. The molecule has 0 aromatic carbocycles. The molecule has 0 aromatic rings. The van der Waals surface area contributed by atoms with Gasteiger partial charge in [0.15, 0.2) is 0 Å². The van der Waals surface area contributed by atoms with Crippen molar-refractivity contribution in [3.8, 4) is 0 Å². The third-order valence-electron chi connectivity index (χ3n) is 2.80. The maximum Gasteiger partial charge on any atom is 0.231 e. The van der Waals surface area contributed by atoms with E-state index in [9.17, 15) is 13.2 Å². The molecule has 6 heteroatoms. The van der Waals surface area contributed by atoms with Crippen molar-refractivity contribution in [2.45, 2.75) is 37.0 Å². The Morgan fingerprint density at radius 3 is 2.67 bits per heavy atom. The van der Waals surface area contributed by atoms with E-state index in [1.54, 1.807) is 0 Å². The number of carbonyl (C=O) groups excluding carboxylic acids is 1. The van der Waals surface area contributed by atoms with Crippen LogP contribution in [-0.4, -0.2) is 38.4 Å². The van der Waals surface area contributed by atoms with Gasteiger partial charge in [-0.2, -0.15) is 0 Å². The highest BCUT2D eigenvalue weighted by Gasteiger charge is 2.28. The van der Waals surface area contributed by atoms with Crippen molar-refractivity contribution in [3.05, 3.63) is 0 Å². The van der Waals surface area contributed by atoms with Crippen LogP contribution in [0.15, 0.2) is 0 Å². The first-order chi connectivity index (χ1) is 6.89. The van der Waals surface area contributed by atoms with Gasteiger partial charge in [0.25, 0.3) is 0 Å². The van der Waals surface area contributed by atoms with E-state index in [0.29, 0.717) is 6.42 Å². The lowest BCUT2D eigenvalue weighted by Gasteiger charge is -2.28. The van der Waals surface area contributed by atoms with Gasteiger partial charge in [0.1, 0.15) is 9.84 Å². The molecule has 2 atom stereocenters. The van der Waals surface area contributed by atoms with Crippen LogP contribution in [-0.2, 0) is 14.6 Å². The van der Waals surface area contributed by atoms with Crippen molar-refractivity contribution >= 4 is 15.7 Å². The fraction of sp³-hybridized carbons (Fsp3) is 0.889. The number of hydrogen-bond donors (Lipinski definition) is 2. The van der Waals surface area contributed by atoms with Crippen molar-refractivity contribution in [1.29, 1.82) is 0 Å². The van der Waals surface area contributed by atoms with Gasteiger partial charge in [-0.25, -0.2) is 8.42 Å². The molecule has 15 heavy (non-hydrogen) atoms. The molecule has 0 radical (unpaired) electrons. The second-order valence-electron chi connectivity index (χ2n) is 4.16. The second-order valence-corrected chi connectivity index (χ2v) is 6.49. The van der Waals surface area contributed by atoms with Gasteiger partial charge in [-0.3, -0.25) is 4.79 Å². The van der Waals surface area contributed by atoms with Gasteiger partial charge in [-0.1, -0.05) is 6.42 Å². The zero-order valence-electron chi connectivity index (χ0n) is 8.90. The van der Waals surface area contributed by atoms with Crippen LogP contribution in [0.25, 0.3) is 0 Å². The van der Waals surface area contributed by atoms with Crippen LogP contribution in [0.2, 0.25) is 0 Å². The molecule has 0 saturated heterocycles. The molecular weight excluding hydrogens is 216 g/mol. The fourth-order valence-corrected chi connectivity index (χ4v) is 3.14. The third-order valence-corrected chi connectivity index (χ3v) is 4.44. The first-order valence-corrected chi connectivity index (χ1v) is 7.05. The number of amides is 1. The predicted molar refractivity (Wildman–Crippen MR) is 58.1 cm³/mol. The minimum Gasteiger partial charge on any atom is -0.369 e. The Balaban J connectivity index is 2.46. The molecule has 0 aromatic heterocycles. The second kappa shape index (κ2) is 4.94. The molecule has 1 amide bonds. The molecule has 0 aliphatic heterocycles. The van der Waals surface area contributed by atoms with Gasteiger partial charge in [-0.05, 0) is 19.3 Å². The Labute approximate surface area is 90.3 Å². The first kappa shape index (κ1) is 12.4. The number of hydrogen-bond acceptors (Lipinski definition) is 4. The van der Waals surface area contributed by atoms with E-state index in [4.69, 9.17) is 5.73 Å². The highest BCUT2D eigenvalue weighted by molar-refractivity contribution is 7.91. The van der Waals surface area contributed by atoms with Gasteiger partial charge < -0.3 is 11.1 Å². The number of sulfone groups is 1. The third kappa shape index (κ3) is 4.17.